The van der Waals surface area contributed by atoms with Crippen molar-refractivity contribution >= 4 is 34.7 Å². The van der Waals surface area contributed by atoms with Crippen LogP contribution in [0.3, 0.4) is 0 Å². The summed E-state index contributed by atoms with van der Waals surface area (Å²) in [5.74, 6) is -0.282. The number of esters is 1. The Bertz CT molecular complexity index is 1580. The molecular formula is C27H22N4O7. The first kappa shape index (κ1) is 25.8. The molecule has 0 aliphatic rings. The van der Waals surface area contributed by atoms with E-state index in [0.717, 1.165) is 6.07 Å². The summed E-state index contributed by atoms with van der Waals surface area (Å²) in [5.41, 5.74) is 4.57. The molecule has 0 aliphatic carbocycles. The fourth-order valence-electron chi connectivity index (χ4n) is 3.63. The molecule has 1 aromatic heterocycles. The van der Waals surface area contributed by atoms with Gasteiger partial charge in [-0.05, 0) is 61.0 Å². The number of hydrogen-bond acceptors (Lipinski definition) is 9. The number of methoxy groups -OCH3 is 2. The van der Waals surface area contributed by atoms with Gasteiger partial charge in [-0.15, -0.1) is 0 Å². The summed E-state index contributed by atoms with van der Waals surface area (Å²) in [6.07, 6.45) is 1.41. The average molecular weight is 514 g/mol. The van der Waals surface area contributed by atoms with Gasteiger partial charge in [0.1, 0.15) is 5.75 Å². The number of nitro groups is 1. The molecule has 0 bridgehead atoms. The number of fused-ring (bicyclic) bond motifs is 1. The number of rotatable bonds is 8. The highest BCUT2D eigenvalue weighted by Crippen LogP contribution is 2.29. The Morgan fingerprint density at radius 2 is 1.82 bits per heavy atom. The van der Waals surface area contributed by atoms with E-state index in [9.17, 15) is 19.7 Å². The summed E-state index contributed by atoms with van der Waals surface area (Å²) in [5, 5.41) is 15.6. The second kappa shape index (κ2) is 11.2. The van der Waals surface area contributed by atoms with E-state index >= 15 is 0 Å². The Morgan fingerprint density at radius 3 is 2.55 bits per heavy atom. The number of hydrogen-bond donors (Lipinski definition) is 1. The van der Waals surface area contributed by atoms with E-state index in [1.807, 2.05) is 0 Å². The van der Waals surface area contributed by atoms with E-state index in [2.05, 4.69) is 15.5 Å². The Hall–Kier alpha value is -5.32. The van der Waals surface area contributed by atoms with E-state index in [1.54, 1.807) is 50.4 Å². The molecule has 38 heavy (non-hydrogen) atoms. The van der Waals surface area contributed by atoms with Crippen molar-refractivity contribution in [3.8, 4) is 17.2 Å². The van der Waals surface area contributed by atoms with Crippen molar-refractivity contribution in [1.29, 1.82) is 0 Å². The summed E-state index contributed by atoms with van der Waals surface area (Å²) >= 11 is 0. The fraction of sp³-hybridized carbons (Fsp3) is 0.111. The van der Waals surface area contributed by atoms with E-state index < -0.39 is 16.8 Å². The van der Waals surface area contributed by atoms with Gasteiger partial charge in [-0.3, -0.25) is 19.9 Å². The van der Waals surface area contributed by atoms with Crippen LogP contribution in [0.5, 0.6) is 17.2 Å². The zero-order valence-corrected chi connectivity index (χ0v) is 20.6. The lowest BCUT2D eigenvalue weighted by molar-refractivity contribution is -0.384. The molecule has 0 unspecified atom stereocenters. The van der Waals surface area contributed by atoms with Crippen LogP contribution in [0, 0.1) is 17.0 Å². The third-order valence-corrected chi connectivity index (χ3v) is 5.45. The van der Waals surface area contributed by atoms with Crippen LogP contribution in [0.25, 0.3) is 10.9 Å². The Kier molecular flexibility index (Phi) is 7.57. The molecular weight excluding hydrogens is 492 g/mol. The minimum Gasteiger partial charge on any atom is -0.497 e. The molecule has 0 atom stereocenters. The molecule has 192 valence electrons. The largest absolute Gasteiger partial charge is 0.497 e. The maximum Gasteiger partial charge on any atom is 0.343 e. The first-order valence-electron chi connectivity index (χ1n) is 11.2. The third-order valence-electron chi connectivity index (χ3n) is 5.45. The van der Waals surface area contributed by atoms with Crippen molar-refractivity contribution in [2.45, 2.75) is 6.92 Å². The lowest BCUT2D eigenvalue weighted by Crippen LogP contribution is -2.18. The van der Waals surface area contributed by atoms with Gasteiger partial charge in [0.25, 0.3) is 11.6 Å². The Morgan fingerprint density at radius 1 is 1.00 bits per heavy atom. The smallest absolute Gasteiger partial charge is 0.343 e. The lowest BCUT2D eigenvalue weighted by atomic mass is 10.1. The molecule has 4 rings (SSSR count). The molecule has 3 aromatic carbocycles. The molecule has 1 heterocycles. The molecule has 11 heteroatoms. The topological polar surface area (TPSA) is 142 Å². The molecule has 1 N–H and O–H groups in total. The number of nitrogens with zero attached hydrogens (tertiary/aromatic N) is 3. The number of hydrazone groups is 1. The number of amides is 1. The molecule has 4 aromatic rings. The molecule has 0 fully saturated rings. The predicted molar refractivity (Wildman–Crippen MR) is 139 cm³/mol. The van der Waals surface area contributed by atoms with E-state index in [4.69, 9.17) is 14.2 Å². The van der Waals surface area contributed by atoms with Crippen molar-refractivity contribution in [1.82, 2.24) is 10.4 Å². The number of carbonyl (C=O) groups excluding carboxylic acids is 2. The first-order valence-corrected chi connectivity index (χ1v) is 11.2. The number of aryl methyl sites for hydroxylation is 1. The lowest BCUT2D eigenvalue weighted by Gasteiger charge is -2.10. The standard InChI is InChI=1S/C27H22N4O7/c1-16-11-22(21-14-20(36-2)8-9-23(21)29-16)26(32)30-28-15-17-7-10-24(25(12-17)37-3)38-27(33)18-5-4-6-19(13-18)31(34)35/h4-15H,1-3H3,(H,30,32). The highest BCUT2D eigenvalue weighted by molar-refractivity contribution is 6.06. The minimum absolute atomic E-state index is 0.0195. The summed E-state index contributed by atoms with van der Waals surface area (Å²) < 4.78 is 15.9. The van der Waals surface area contributed by atoms with Gasteiger partial charge in [0.2, 0.25) is 0 Å². The fourth-order valence-corrected chi connectivity index (χ4v) is 3.63. The number of nitrogens with one attached hydrogen (secondary N) is 1. The van der Waals surface area contributed by atoms with Gasteiger partial charge in [0.05, 0.1) is 42.0 Å². The van der Waals surface area contributed by atoms with Gasteiger partial charge in [-0.25, -0.2) is 10.2 Å². The first-order chi connectivity index (χ1) is 18.3. The van der Waals surface area contributed by atoms with Crippen LogP contribution in [-0.2, 0) is 0 Å². The van der Waals surface area contributed by atoms with Crippen LogP contribution >= 0.6 is 0 Å². The average Bonchev–Trinajstić information content (AvgIpc) is 2.92. The second-order valence-corrected chi connectivity index (χ2v) is 8.00. The molecule has 1 amide bonds. The SMILES string of the molecule is COc1ccc2nc(C)cc(C(=O)NN=Cc3ccc(OC(=O)c4cccc([N+](=O)[O-])c4)c(OC)c3)c2c1. The number of carbonyl (C=O) groups is 2. The van der Waals surface area contributed by atoms with Gasteiger partial charge >= 0.3 is 5.97 Å². The highest BCUT2D eigenvalue weighted by atomic mass is 16.6. The molecule has 0 spiro atoms. The molecule has 11 nitrogen and oxygen atoms in total. The van der Waals surface area contributed by atoms with Crippen molar-refractivity contribution < 1.29 is 28.7 Å². The number of non-ortho nitro benzene ring substituents is 1. The van der Waals surface area contributed by atoms with Gasteiger partial charge in [0, 0.05) is 23.2 Å². The summed E-state index contributed by atoms with van der Waals surface area (Å²) in [6.45, 7) is 1.80. The number of aromatic nitrogens is 1. The molecule has 0 saturated carbocycles. The monoisotopic (exact) mass is 514 g/mol. The zero-order chi connectivity index (χ0) is 27.2. The van der Waals surface area contributed by atoms with Crippen LogP contribution < -0.4 is 19.6 Å². The summed E-state index contributed by atoms with van der Waals surface area (Å²) in [7, 11) is 2.94. The van der Waals surface area contributed by atoms with E-state index in [-0.39, 0.29) is 22.7 Å². The zero-order valence-electron chi connectivity index (χ0n) is 20.6. The Balaban J connectivity index is 1.49. The van der Waals surface area contributed by atoms with E-state index in [1.165, 1.54) is 37.6 Å². The minimum atomic E-state index is -0.780. The van der Waals surface area contributed by atoms with Crippen LogP contribution in [0.2, 0.25) is 0 Å². The quantitative estimate of drug-likeness (QED) is 0.119. The second-order valence-electron chi connectivity index (χ2n) is 8.00. The van der Waals surface area contributed by atoms with Gasteiger partial charge in [0.15, 0.2) is 11.5 Å². The van der Waals surface area contributed by atoms with Crippen LogP contribution in [0.15, 0.2) is 71.8 Å². The summed E-state index contributed by atoms with van der Waals surface area (Å²) in [4.78, 5) is 40.2. The maximum atomic E-state index is 12.9. The highest BCUT2D eigenvalue weighted by Gasteiger charge is 2.16. The van der Waals surface area contributed by atoms with Gasteiger partial charge < -0.3 is 14.2 Å². The predicted octanol–water partition coefficient (Wildman–Crippen LogP) is 4.45. The number of benzene rings is 3. The molecule has 0 radical (unpaired) electrons. The van der Waals surface area contributed by atoms with Crippen LogP contribution in [0.4, 0.5) is 5.69 Å². The maximum absolute atomic E-state index is 12.9. The van der Waals surface area contributed by atoms with E-state index in [0.29, 0.717) is 33.5 Å². The normalized spacial score (nSPS) is 10.8. The van der Waals surface area contributed by atoms with Crippen molar-refractivity contribution in [3.63, 3.8) is 0 Å². The van der Waals surface area contributed by atoms with Crippen molar-refractivity contribution in [2.75, 3.05) is 14.2 Å². The molecule has 0 saturated heterocycles. The summed E-state index contributed by atoms with van der Waals surface area (Å²) in [6, 6.07) is 16.8. The van der Waals surface area contributed by atoms with Crippen molar-refractivity contribution in [3.05, 3.63) is 99.2 Å². The van der Waals surface area contributed by atoms with Crippen LogP contribution in [0.1, 0.15) is 32.0 Å². The molecule has 0 aliphatic heterocycles. The number of ether oxygens (including phenoxy) is 3. The number of nitro benzene ring substituents is 1. The van der Waals surface area contributed by atoms with Crippen LogP contribution in [-0.4, -0.2) is 42.2 Å². The number of pyridine rings is 1. The van der Waals surface area contributed by atoms with Crippen molar-refractivity contribution in [2.24, 2.45) is 5.10 Å². The van der Waals surface area contributed by atoms with Gasteiger partial charge in [-0.1, -0.05) is 6.07 Å². The third kappa shape index (κ3) is 5.73. The Labute approximate surface area is 216 Å². The van der Waals surface area contributed by atoms with Gasteiger partial charge in [-0.2, -0.15) is 5.10 Å².